The van der Waals surface area contributed by atoms with Crippen LogP contribution in [0.3, 0.4) is 0 Å². The molecule has 6 aromatic carbocycles. The molecule has 5 atom stereocenters. The summed E-state index contributed by atoms with van der Waals surface area (Å²) in [6, 6.07) is 51.0. The Hall–Kier alpha value is -8.22. The topological polar surface area (TPSA) is 226 Å². The third-order valence-corrected chi connectivity index (χ3v) is 21.8. The maximum atomic E-state index is 12.4. The van der Waals surface area contributed by atoms with Crippen molar-refractivity contribution in [3.05, 3.63) is 213 Å². The normalized spacial score (nSPS) is 19.8. The minimum Gasteiger partial charge on any atom is -0.392 e. The van der Waals surface area contributed by atoms with E-state index >= 15 is 0 Å². The van der Waals surface area contributed by atoms with Crippen LogP contribution < -0.4 is 0 Å². The molecule has 6 heterocycles. The SMILES string of the molecule is CC(C)(C)C(=O)N1CCOC(c2cccc(CO)c2)C1.CC(C)(C)C(=O)N1CCOC(c2ccccc2)C1.CC(C)(C)C(=O)N1CCOC(c2ccccc2CO)C1.CC1CN(Cc2ccccc2)CCN1C(=O)C(C)(C)C.Cc1ccc(C2CN(C(=O)C(C)(C)C)CCO2)cc1.Cc1ccc(CN2CCN(C(=O)C(C)(C)C)CC2)cc1CO. The highest BCUT2D eigenvalue weighted by Gasteiger charge is 2.39. The molecule has 0 aromatic heterocycles. The number of carbonyl (C=O) groups is 6. The average Bonchev–Trinajstić information content (AvgIpc) is 0.868. The molecule has 6 aromatic rings. The molecule has 0 bridgehead atoms. The molecular weight excluding hydrogens is 1500 g/mol. The van der Waals surface area contributed by atoms with Crippen LogP contribution in [0, 0.1) is 46.3 Å². The van der Waals surface area contributed by atoms with Crippen molar-refractivity contribution >= 4 is 35.4 Å². The molecule has 0 radical (unpaired) electrons. The lowest BCUT2D eigenvalue weighted by Crippen LogP contribution is -2.56. The Morgan fingerprint density at radius 3 is 1.15 bits per heavy atom. The number of ether oxygens (including phenoxy) is 4. The first-order chi connectivity index (χ1) is 55.9. The highest BCUT2D eigenvalue weighted by Crippen LogP contribution is 2.33. The maximum Gasteiger partial charge on any atom is 0.228 e. The van der Waals surface area contributed by atoms with Gasteiger partial charge in [-0.2, -0.15) is 0 Å². The number of nitrogens with zero attached hydrogens (tertiary/aromatic N) is 8. The van der Waals surface area contributed by atoms with E-state index in [2.05, 4.69) is 103 Å². The van der Waals surface area contributed by atoms with E-state index in [1.807, 2.05) is 234 Å². The van der Waals surface area contributed by atoms with Crippen molar-refractivity contribution in [1.29, 1.82) is 0 Å². The highest BCUT2D eigenvalue weighted by atomic mass is 16.5. The standard InChI is InChI=1S/C18H28N2O2.C17H26N2O.2C16H23NO3.C16H23NO2.C15H21NO2/c1-14-5-6-15(11-16(14)13-21)12-19-7-9-20(10-8-19)17(22)18(2,3)4;1-14-12-18(13-15-8-6-5-7-9-15)10-11-19(14)16(20)17(2,3)4;1-16(2,3)15(19)17-7-8-20-14(10-17)13-6-4-5-12(9-13)11-18;1-16(2,3)15(19)17-8-9-20-14(10-17)13-7-5-4-6-12(13)11-18;1-12-5-7-13(8-6-12)14-11-17(9-10-19-14)15(18)16(2,3)4;1-15(2,3)14(17)16-9-10-18-13(11-16)12-7-5-4-6-8-12/h5-6,11,21H,7-10,12-13H2,1-4H3;5-9,14H,10-13H2,1-4H3;4-6,9,14,18H,7-8,10-11H2,1-3H3;4-7,14,18H,8-11H2,1-3H3;5-8,14H,9-11H2,1-4H3;4-8,13H,9-11H2,1-3H3. The number of rotatable bonds is 11. The maximum absolute atomic E-state index is 12.4. The van der Waals surface area contributed by atoms with Crippen LogP contribution in [-0.2, 0) is 80.6 Å². The summed E-state index contributed by atoms with van der Waals surface area (Å²) >= 11 is 0. The minimum absolute atomic E-state index is 0.000602. The number of aryl methyl sites for hydroxylation is 2. The summed E-state index contributed by atoms with van der Waals surface area (Å²) in [5.74, 6) is 1.21. The zero-order valence-corrected chi connectivity index (χ0v) is 75.8. The molecule has 6 saturated heterocycles. The number of hydrogen-bond donors (Lipinski definition) is 3. The second-order valence-corrected chi connectivity index (χ2v) is 38.6. The second kappa shape index (κ2) is 44.5. The molecule has 0 saturated carbocycles. The van der Waals surface area contributed by atoms with Crippen molar-refractivity contribution in [3.63, 3.8) is 0 Å². The Labute approximate surface area is 712 Å². The van der Waals surface area contributed by atoms with Crippen molar-refractivity contribution in [3.8, 4) is 0 Å². The molecule has 12 rings (SSSR count). The number of benzene rings is 6. The highest BCUT2D eigenvalue weighted by molar-refractivity contribution is 5.84. The summed E-state index contributed by atoms with van der Waals surface area (Å²) in [7, 11) is 0. The van der Waals surface area contributed by atoms with Crippen molar-refractivity contribution < 1.29 is 63.0 Å². The fourth-order valence-electron chi connectivity index (χ4n) is 14.9. The number of aliphatic hydroxyl groups is 3. The van der Waals surface area contributed by atoms with Gasteiger partial charge < -0.3 is 63.7 Å². The molecule has 6 aliphatic rings. The summed E-state index contributed by atoms with van der Waals surface area (Å²) in [4.78, 5) is 90.4. The lowest BCUT2D eigenvalue weighted by molar-refractivity contribution is -0.147. The number of amides is 6. The molecule has 21 heteroatoms. The zero-order valence-electron chi connectivity index (χ0n) is 75.8. The first-order valence-electron chi connectivity index (χ1n) is 42.8. The Morgan fingerprint density at radius 2 is 0.706 bits per heavy atom. The van der Waals surface area contributed by atoms with E-state index in [4.69, 9.17) is 18.9 Å². The number of morpholine rings is 4. The predicted molar refractivity (Wildman–Crippen MR) is 472 cm³/mol. The fourth-order valence-corrected chi connectivity index (χ4v) is 14.9. The van der Waals surface area contributed by atoms with Crippen molar-refractivity contribution in [2.24, 2.45) is 32.5 Å². The molecule has 5 unspecified atom stereocenters. The Morgan fingerprint density at radius 1 is 0.328 bits per heavy atom. The van der Waals surface area contributed by atoms with Gasteiger partial charge in [0.15, 0.2) is 0 Å². The average molecular weight is 1640 g/mol. The van der Waals surface area contributed by atoms with Crippen LogP contribution in [0.25, 0.3) is 0 Å². The van der Waals surface area contributed by atoms with Crippen LogP contribution in [-0.4, -0.2) is 221 Å². The van der Waals surface area contributed by atoms with Gasteiger partial charge in [0.05, 0.1) is 72.4 Å². The molecule has 6 fully saturated rings. The molecule has 119 heavy (non-hydrogen) atoms. The summed E-state index contributed by atoms with van der Waals surface area (Å²) in [6.07, 6.45) is -0.258. The number of piperazine rings is 2. The van der Waals surface area contributed by atoms with Crippen LogP contribution >= 0.6 is 0 Å². The van der Waals surface area contributed by atoms with Gasteiger partial charge in [-0.3, -0.25) is 38.6 Å². The number of hydrogen-bond acceptors (Lipinski definition) is 15. The van der Waals surface area contributed by atoms with Gasteiger partial charge in [-0.15, -0.1) is 0 Å². The molecule has 21 nitrogen and oxygen atoms in total. The largest absolute Gasteiger partial charge is 0.392 e. The first kappa shape index (κ1) is 97.9. The van der Waals surface area contributed by atoms with Gasteiger partial charge in [0.25, 0.3) is 0 Å². The molecule has 6 aliphatic heterocycles. The van der Waals surface area contributed by atoms with E-state index in [0.717, 1.165) is 103 Å². The third-order valence-electron chi connectivity index (χ3n) is 21.8. The third kappa shape index (κ3) is 30.4. The molecular formula is C98H144N8O13. The Bertz CT molecular complexity index is 4170. The van der Waals surface area contributed by atoms with Gasteiger partial charge in [0, 0.05) is 124 Å². The number of carbonyl (C=O) groups excluding carboxylic acids is 6. The van der Waals surface area contributed by atoms with Crippen LogP contribution in [0.1, 0.15) is 217 Å². The monoisotopic (exact) mass is 1640 g/mol. The van der Waals surface area contributed by atoms with Crippen LogP contribution in [0.2, 0.25) is 0 Å². The molecule has 0 aliphatic carbocycles. The van der Waals surface area contributed by atoms with Gasteiger partial charge in [0.2, 0.25) is 35.4 Å². The lowest BCUT2D eigenvalue weighted by atomic mass is 9.93. The Balaban J connectivity index is 0.000000197. The molecule has 3 N–H and O–H groups in total. The van der Waals surface area contributed by atoms with Gasteiger partial charge in [-0.25, -0.2) is 0 Å². The van der Waals surface area contributed by atoms with E-state index in [-0.39, 0.29) is 112 Å². The summed E-state index contributed by atoms with van der Waals surface area (Å²) in [6.45, 7) is 57.1. The fraction of sp³-hybridized carbons (Fsp3) is 0.571. The van der Waals surface area contributed by atoms with Gasteiger partial charge >= 0.3 is 0 Å². The van der Waals surface area contributed by atoms with E-state index in [1.165, 1.54) is 16.7 Å². The quantitative estimate of drug-likeness (QED) is 0.110. The van der Waals surface area contributed by atoms with Crippen LogP contribution in [0.4, 0.5) is 0 Å². The van der Waals surface area contributed by atoms with Crippen molar-refractivity contribution in [2.45, 2.75) is 209 Å². The van der Waals surface area contributed by atoms with E-state index in [0.29, 0.717) is 84.8 Å². The van der Waals surface area contributed by atoms with Gasteiger partial charge in [0.1, 0.15) is 24.4 Å². The summed E-state index contributed by atoms with van der Waals surface area (Å²) in [5, 5.41) is 28.0. The predicted octanol–water partition coefficient (Wildman–Crippen LogP) is 14.8. The second-order valence-electron chi connectivity index (χ2n) is 38.6. The smallest absolute Gasteiger partial charge is 0.228 e. The molecule has 6 amide bonds. The van der Waals surface area contributed by atoms with E-state index in [9.17, 15) is 44.1 Å². The minimum atomic E-state index is -0.377. The lowest BCUT2D eigenvalue weighted by Gasteiger charge is -2.42. The van der Waals surface area contributed by atoms with Crippen LogP contribution in [0.5, 0.6) is 0 Å². The Kier molecular flexibility index (Phi) is 36.6. The van der Waals surface area contributed by atoms with Crippen LogP contribution in [0.15, 0.2) is 152 Å². The first-order valence-corrected chi connectivity index (χ1v) is 42.8. The van der Waals surface area contributed by atoms with Crippen molar-refractivity contribution in [1.82, 2.24) is 39.2 Å². The van der Waals surface area contributed by atoms with Gasteiger partial charge in [-0.05, 0) is 76.4 Å². The summed E-state index contributed by atoms with van der Waals surface area (Å²) in [5.41, 5.74) is 9.98. The number of aliphatic hydroxyl groups excluding tert-OH is 3. The summed E-state index contributed by atoms with van der Waals surface area (Å²) < 4.78 is 23.1. The van der Waals surface area contributed by atoms with E-state index in [1.54, 1.807) is 0 Å². The van der Waals surface area contributed by atoms with E-state index < -0.39 is 0 Å². The molecule has 654 valence electrons. The molecule has 0 spiro atoms. The zero-order chi connectivity index (χ0) is 87.8. The van der Waals surface area contributed by atoms with Gasteiger partial charge in [-0.1, -0.05) is 282 Å². The van der Waals surface area contributed by atoms with Crippen molar-refractivity contribution in [2.75, 3.05) is 125 Å².